The second kappa shape index (κ2) is 9.40. The minimum absolute atomic E-state index is 0.0406. The highest BCUT2D eigenvalue weighted by Gasteiger charge is 2.18. The van der Waals surface area contributed by atoms with Crippen LogP contribution in [0.2, 0.25) is 0 Å². The Morgan fingerprint density at radius 2 is 1.91 bits per heavy atom. The number of fused-ring (bicyclic) bond motifs is 1. The van der Waals surface area contributed by atoms with Crippen LogP contribution in [0.5, 0.6) is 5.75 Å². The Bertz CT molecular complexity index is 1350. The summed E-state index contributed by atoms with van der Waals surface area (Å²) in [5.74, 6) is -0.680. The van der Waals surface area contributed by atoms with Gasteiger partial charge in [-0.15, -0.1) is 0 Å². The summed E-state index contributed by atoms with van der Waals surface area (Å²) >= 11 is 0.704. The van der Waals surface area contributed by atoms with E-state index >= 15 is 0 Å². The molecule has 1 amide bonds. The van der Waals surface area contributed by atoms with Crippen LogP contribution in [0.1, 0.15) is 10.4 Å². The summed E-state index contributed by atoms with van der Waals surface area (Å²) in [5.41, 5.74) is 2.18. The maximum atomic E-state index is 12.8. The van der Waals surface area contributed by atoms with Crippen LogP contribution in [-0.2, 0) is 9.53 Å². The van der Waals surface area contributed by atoms with Crippen molar-refractivity contribution in [2.24, 2.45) is 0 Å². The SMILES string of the molecule is COc1ccc(-c2cc(C(=O)OCC(=O)Nc3ncc([N+](=O)[O-])s3)c3ccccc3n2)cc1. The van der Waals surface area contributed by atoms with Crippen molar-refractivity contribution in [2.45, 2.75) is 0 Å². The van der Waals surface area contributed by atoms with Crippen molar-refractivity contribution in [3.63, 3.8) is 0 Å². The Balaban J connectivity index is 1.53. The summed E-state index contributed by atoms with van der Waals surface area (Å²) < 4.78 is 10.4. The average molecular weight is 464 g/mol. The van der Waals surface area contributed by atoms with Gasteiger partial charge in [0.25, 0.3) is 5.91 Å². The molecule has 2 aromatic heterocycles. The molecule has 0 aliphatic carbocycles. The number of thiazole rings is 1. The number of esters is 1. The third-order valence-corrected chi connectivity index (χ3v) is 5.44. The lowest BCUT2D eigenvalue weighted by molar-refractivity contribution is -0.380. The molecule has 0 atom stereocenters. The number of aromatic nitrogens is 2. The molecule has 0 saturated heterocycles. The van der Waals surface area contributed by atoms with Crippen LogP contribution in [0, 0.1) is 10.1 Å². The number of pyridine rings is 1. The molecule has 0 spiro atoms. The zero-order chi connectivity index (χ0) is 23.4. The first-order chi connectivity index (χ1) is 15.9. The normalized spacial score (nSPS) is 10.6. The smallest absolute Gasteiger partial charge is 0.345 e. The quantitative estimate of drug-likeness (QED) is 0.246. The maximum Gasteiger partial charge on any atom is 0.345 e. The highest BCUT2D eigenvalue weighted by atomic mass is 32.1. The van der Waals surface area contributed by atoms with Gasteiger partial charge in [-0.1, -0.05) is 18.2 Å². The van der Waals surface area contributed by atoms with Crippen LogP contribution in [0.15, 0.2) is 60.8 Å². The fraction of sp³-hybridized carbons (Fsp3) is 0.0909. The van der Waals surface area contributed by atoms with Gasteiger partial charge in [-0.2, -0.15) is 0 Å². The molecular weight excluding hydrogens is 448 g/mol. The van der Waals surface area contributed by atoms with Crippen LogP contribution in [0.4, 0.5) is 10.1 Å². The minimum atomic E-state index is -0.705. The third-order valence-electron chi connectivity index (χ3n) is 4.58. The second-order valence-electron chi connectivity index (χ2n) is 6.69. The van der Waals surface area contributed by atoms with Crippen molar-refractivity contribution in [1.29, 1.82) is 0 Å². The zero-order valence-electron chi connectivity index (χ0n) is 17.2. The first-order valence-corrected chi connectivity index (χ1v) is 10.4. The molecule has 2 aromatic carbocycles. The number of nitro groups is 1. The van der Waals surface area contributed by atoms with Crippen molar-refractivity contribution >= 4 is 44.2 Å². The van der Waals surface area contributed by atoms with E-state index in [2.05, 4.69) is 15.3 Å². The van der Waals surface area contributed by atoms with Crippen LogP contribution >= 0.6 is 11.3 Å². The summed E-state index contributed by atoms with van der Waals surface area (Å²) in [7, 11) is 1.57. The van der Waals surface area contributed by atoms with E-state index in [0.29, 0.717) is 33.7 Å². The number of rotatable bonds is 7. The number of benzene rings is 2. The van der Waals surface area contributed by atoms with Gasteiger partial charge in [0.15, 0.2) is 11.7 Å². The third kappa shape index (κ3) is 4.93. The standard InChI is InChI=1S/C22H16N4O6S/c1-31-14-8-6-13(7-9-14)18-10-16(15-4-2-3-5-17(15)24-18)21(28)32-12-19(27)25-22-23-11-20(33-22)26(29)30/h2-11H,12H2,1H3,(H,23,25,27). The predicted octanol–water partition coefficient (Wildman–Crippen LogP) is 4.07. The number of amides is 1. The van der Waals surface area contributed by atoms with Crippen molar-refractivity contribution < 1.29 is 24.0 Å². The molecule has 166 valence electrons. The zero-order valence-corrected chi connectivity index (χ0v) is 18.0. The Morgan fingerprint density at radius 1 is 1.15 bits per heavy atom. The van der Waals surface area contributed by atoms with Crippen LogP contribution in [0.3, 0.4) is 0 Å². The molecule has 4 rings (SSSR count). The van der Waals surface area contributed by atoms with E-state index in [1.807, 2.05) is 18.2 Å². The monoisotopic (exact) mass is 464 g/mol. The number of methoxy groups -OCH3 is 1. The molecule has 10 nitrogen and oxygen atoms in total. The number of ether oxygens (including phenoxy) is 2. The van der Waals surface area contributed by atoms with Gasteiger partial charge < -0.3 is 9.47 Å². The van der Waals surface area contributed by atoms with Gasteiger partial charge in [0, 0.05) is 10.9 Å². The molecule has 11 heteroatoms. The lowest BCUT2D eigenvalue weighted by Gasteiger charge is -2.10. The summed E-state index contributed by atoms with van der Waals surface area (Å²) in [6.07, 6.45) is 1.04. The number of anilines is 1. The van der Waals surface area contributed by atoms with Gasteiger partial charge >= 0.3 is 11.0 Å². The molecule has 0 fully saturated rings. The summed E-state index contributed by atoms with van der Waals surface area (Å²) in [4.78, 5) is 43.4. The van der Waals surface area contributed by atoms with Crippen LogP contribution in [0.25, 0.3) is 22.2 Å². The second-order valence-corrected chi connectivity index (χ2v) is 7.69. The van der Waals surface area contributed by atoms with Gasteiger partial charge in [0.05, 0.1) is 28.8 Å². The predicted molar refractivity (Wildman–Crippen MR) is 121 cm³/mol. The largest absolute Gasteiger partial charge is 0.497 e. The number of carbonyl (C=O) groups is 2. The van der Waals surface area contributed by atoms with E-state index in [1.165, 1.54) is 0 Å². The number of carbonyl (C=O) groups excluding carboxylic acids is 2. The molecular formula is C22H16N4O6S. The van der Waals surface area contributed by atoms with Gasteiger partial charge in [0.1, 0.15) is 11.9 Å². The van der Waals surface area contributed by atoms with Crippen molar-refractivity contribution in [3.05, 3.63) is 76.5 Å². The number of hydrogen-bond donors (Lipinski definition) is 1. The van der Waals surface area contributed by atoms with Crippen molar-refractivity contribution in [3.8, 4) is 17.0 Å². The summed E-state index contributed by atoms with van der Waals surface area (Å²) in [6.45, 7) is -0.583. The maximum absolute atomic E-state index is 12.8. The Kier molecular flexibility index (Phi) is 6.22. The Morgan fingerprint density at radius 3 is 2.61 bits per heavy atom. The highest BCUT2D eigenvalue weighted by Crippen LogP contribution is 2.27. The van der Waals surface area contributed by atoms with E-state index in [1.54, 1.807) is 43.5 Å². The number of nitrogens with zero attached hydrogens (tertiary/aromatic N) is 3. The molecule has 0 aliphatic heterocycles. The first kappa shape index (κ1) is 21.8. The molecule has 33 heavy (non-hydrogen) atoms. The van der Waals surface area contributed by atoms with E-state index < -0.39 is 23.4 Å². The van der Waals surface area contributed by atoms with Crippen molar-refractivity contribution in [1.82, 2.24) is 9.97 Å². The molecule has 1 N–H and O–H groups in total. The summed E-state index contributed by atoms with van der Waals surface area (Å²) in [5, 5.41) is 13.5. The number of para-hydroxylation sites is 1. The minimum Gasteiger partial charge on any atom is -0.497 e. The first-order valence-electron chi connectivity index (χ1n) is 9.56. The average Bonchev–Trinajstić information content (AvgIpc) is 3.30. The lowest BCUT2D eigenvalue weighted by Crippen LogP contribution is -2.21. The van der Waals surface area contributed by atoms with E-state index in [4.69, 9.17) is 9.47 Å². The van der Waals surface area contributed by atoms with Crippen LogP contribution < -0.4 is 10.1 Å². The molecule has 0 radical (unpaired) electrons. The molecule has 0 bridgehead atoms. The van der Waals surface area contributed by atoms with Crippen LogP contribution in [-0.4, -0.2) is 40.5 Å². The Labute approximate surface area is 191 Å². The molecule has 4 aromatic rings. The molecule has 0 unspecified atom stereocenters. The van der Waals surface area contributed by atoms with Gasteiger partial charge in [0.2, 0.25) is 0 Å². The van der Waals surface area contributed by atoms with Gasteiger partial charge in [-0.3, -0.25) is 20.2 Å². The molecule has 2 heterocycles. The van der Waals surface area contributed by atoms with E-state index in [-0.39, 0.29) is 15.7 Å². The number of nitrogens with one attached hydrogen (secondary N) is 1. The van der Waals surface area contributed by atoms with E-state index in [0.717, 1.165) is 11.8 Å². The molecule has 0 aliphatic rings. The Hall–Kier alpha value is -4.38. The molecule has 0 saturated carbocycles. The lowest BCUT2D eigenvalue weighted by atomic mass is 10.0. The topological polar surface area (TPSA) is 134 Å². The van der Waals surface area contributed by atoms with Gasteiger partial charge in [-0.25, -0.2) is 14.8 Å². The number of hydrogen-bond acceptors (Lipinski definition) is 9. The highest BCUT2D eigenvalue weighted by molar-refractivity contribution is 7.18. The fourth-order valence-electron chi connectivity index (χ4n) is 3.03. The fourth-order valence-corrected chi connectivity index (χ4v) is 3.67. The van der Waals surface area contributed by atoms with Crippen molar-refractivity contribution in [2.75, 3.05) is 19.0 Å². The van der Waals surface area contributed by atoms with Gasteiger partial charge in [-0.05, 0) is 47.7 Å². The summed E-state index contributed by atoms with van der Waals surface area (Å²) in [6, 6.07) is 15.9. The van der Waals surface area contributed by atoms with E-state index in [9.17, 15) is 19.7 Å².